The summed E-state index contributed by atoms with van der Waals surface area (Å²) < 4.78 is 10.2. The number of urea groups is 1. The first-order valence-corrected chi connectivity index (χ1v) is 7.54. The first-order chi connectivity index (χ1) is 10.7. The van der Waals surface area contributed by atoms with Crippen molar-refractivity contribution in [3.8, 4) is 5.88 Å². The molecular formula is C15H26N4O3. The van der Waals surface area contributed by atoms with E-state index in [0.29, 0.717) is 31.3 Å². The lowest BCUT2D eigenvalue weighted by Gasteiger charge is -2.18. The molecule has 0 atom stereocenters. The molecule has 22 heavy (non-hydrogen) atoms. The van der Waals surface area contributed by atoms with Gasteiger partial charge >= 0.3 is 6.03 Å². The number of carbonyl (C=O) groups is 1. The maximum absolute atomic E-state index is 11.8. The summed E-state index contributed by atoms with van der Waals surface area (Å²) in [5, 5.41) is 5.55. The van der Waals surface area contributed by atoms with Crippen LogP contribution in [-0.2, 0) is 4.74 Å². The molecule has 124 valence electrons. The summed E-state index contributed by atoms with van der Waals surface area (Å²) in [4.78, 5) is 18.1. The Balaban J connectivity index is 2.29. The van der Waals surface area contributed by atoms with Crippen LogP contribution in [0.1, 0.15) is 13.8 Å². The number of anilines is 1. The van der Waals surface area contributed by atoms with Gasteiger partial charge in [-0.05, 0) is 19.2 Å². The lowest BCUT2D eigenvalue weighted by atomic mass is 10.4. The molecule has 7 heteroatoms. The van der Waals surface area contributed by atoms with E-state index in [4.69, 9.17) is 9.47 Å². The minimum atomic E-state index is -0.234. The number of likely N-dealkylation sites (N-methyl/N-ethyl adjacent to an activating group) is 1. The number of nitrogens with zero attached hydrogens (tertiary/aromatic N) is 2. The molecule has 0 aliphatic carbocycles. The number of hydrogen-bond acceptors (Lipinski definition) is 5. The van der Waals surface area contributed by atoms with Gasteiger partial charge in [-0.2, -0.15) is 0 Å². The third-order valence-electron chi connectivity index (χ3n) is 3.14. The predicted molar refractivity (Wildman–Crippen MR) is 86.4 cm³/mol. The molecule has 1 rings (SSSR count). The van der Waals surface area contributed by atoms with Gasteiger partial charge in [0, 0.05) is 26.3 Å². The minimum absolute atomic E-state index is 0.234. The van der Waals surface area contributed by atoms with Gasteiger partial charge in [0.1, 0.15) is 6.61 Å². The zero-order valence-corrected chi connectivity index (χ0v) is 13.6. The number of carbonyl (C=O) groups excluding carboxylic acids is 1. The van der Waals surface area contributed by atoms with E-state index in [1.54, 1.807) is 25.4 Å². The summed E-state index contributed by atoms with van der Waals surface area (Å²) in [5.74, 6) is 0.504. The Labute approximate surface area is 132 Å². The number of rotatable bonds is 10. The number of nitrogens with one attached hydrogen (secondary N) is 2. The molecule has 0 saturated carbocycles. The molecular weight excluding hydrogens is 284 g/mol. The van der Waals surface area contributed by atoms with Crippen LogP contribution in [0.3, 0.4) is 0 Å². The van der Waals surface area contributed by atoms with Crippen LogP contribution in [-0.4, -0.2) is 62.4 Å². The highest BCUT2D eigenvalue weighted by atomic mass is 16.5. The van der Waals surface area contributed by atoms with E-state index >= 15 is 0 Å². The largest absolute Gasteiger partial charge is 0.475 e. The van der Waals surface area contributed by atoms with Gasteiger partial charge in [0.05, 0.1) is 18.5 Å². The van der Waals surface area contributed by atoms with Crippen LogP contribution < -0.4 is 15.4 Å². The van der Waals surface area contributed by atoms with E-state index in [0.717, 1.165) is 19.6 Å². The van der Waals surface area contributed by atoms with E-state index in [1.165, 1.54) is 0 Å². The number of pyridine rings is 1. The molecule has 0 bridgehead atoms. The highest BCUT2D eigenvalue weighted by Gasteiger charge is 2.04. The average Bonchev–Trinajstić information content (AvgIpc) is 2.53. The lowest BCUT2D eigenvalue weighted by Crippen LogP contribution is -2.36. The third-order valence-corrected chi connectivity index (χ3v) is 3.14. The monoisotopic (exact) mass is 310 g/mol. The van der Waals surface area contributed by atoms with E-state index in [-0.39, 0.29) is 6.03 Å². The molecule has 1 heterocycles. The van der Waals surface area contributed by atoms with Crippen molar-refractivity contribution >= 4 is 11.7 Å². The van der Waals surface area contributed by atoms with Gasteiger partial charge in [-0.15, -0.1) is 0 Å². The zero-order valence-electron chi connectivity index (χ0n) is 13.6. The Morgan fingerprint density at radius 1 is 1.27 bits per heavy atom. The smallest absolute Gasteiger partial charge is 0.319 e. The Bertz CT molecular complexity index is 421. The standard InChI is InChI=1S/C15H26N4O3/c1-4-19(5-2)9-8-16-15(20)18-13-6-7-14(17-12-13)22-11-10-21-3/h6-7,12H,4-5,8-11H2,1-3H3,(H2,16,18,20). The number of amides is 2. The molecule has 0 aliphatic rings. The average molecular weight is 310 g/mol. The van der Waals surface area contributed by atoms with E-state index in [2.05, 4.69) is 34.4 Å². The summed E-state index contributed by atoms with van der Waals surface area (Å²) >= 11 is 0. The van der Waals surface area contributed by atoms with E-state index in [1.807, 2.05) is 0 Å². The zero-order chi connectivity index (χ0) is 16.2. The Kier molecular flexibility index (Phi) is 8.94. The van der Waals surface area contributed by atoms with Gasteiger partial charge in [-0.3, -0.25) is 0 Å². The van der Waals surface area contributed by atoms with Gasteiger partial charge < -0.3 is 25.0 Å². The first kappa shape index (κ1) is 18.2. The van der Waals surface area contributed by atoms with Gasteiger partial charge in [-0.1, -0.05) is 13.8 Å². The normalized spacial score (nSPS) is 10.5. The van der Waals surface area contributed by atoms with Crippen molar-refractivity contribution in [3.05, 3.63) is 18.3 Å². The van der Waals surface area contributed by atoms with Crippen LogP contribution >= 0.6 is 0 Å². The van der Waals surface area contributed by atoms with Gasteiger partial charge in [-0.25, -0.2) is 9.78 Å². The molecule has 0 aliphatic heterocycles. The Hall–Kier alpha value is -1.86. The Morgan fingerprint density at radius 3 is 2.64 bits per heavy atom. The molecule has 1 aromatic heterocycles. The first-order valence-electron chi connectivity index (χ1n) is 7.54. The molecule has 1 aromatic rings. The molecule has 2 N–H and O–H groups in total. The number of hydrogen-bond donors (Lipinski definition) is 2. The second kappa shape index (κ2) is 10.8. The number of aromatic nitrogens is 1. The second-order valence-electron chi connectivity index (χ2n) is 4.63. The van der Waals surface area contributed by atoms with Crippen LogP contribution in [0, 0.1) is 0 Å². The van der Waals surface area contributed by atoms with E-state index < -0.39 is 0 Å². The fourth-order valence-electron chi connectivity index (χ4n) is 1.81. The van der Waals surface area contributed by atoms with Crippen molar-refractivity contribution in [1.29, 1.82) is 0 Å². The molecule has 0 fully saturated rings. The topological polar surface area (TPSA) is 75.7 Å². The van der Waals surface area contributed by atoms with Crippen LogP contribution in [0.4, 0.5) is 10.5 Å². The SMILES string of the molecule is CCN(CC)CCNC(=O)Nc1ccc(OCCOC)nc1. The maximum atomic E-state index is 11.8. The summed E-state index contributed by atoms with van der Waals surface area (Å²) in [5.41, 5.74) is 0.624. The van der Waals surface area contributed by atoms with Crippen molar-refractivity contribution in [2.75, 3.05) is 51.8 Å². The van der Waals surface area contributed by atoms with Crippen LogP contribution in [0.15, 0.2) is 18.3 Å². The number of methoxy groups -OCH3 is 1. The summed E-state index contributed by atoms with van der Waals surface area (Å²) in [7, 11) is 1.61. The predicted octanol–water partition coefficient (Wildman–Crippen LogP) is 1.57. The van der Waals surface area contributed by atoms with Crippen molar-refractivity contribution in [2.45, 2.75) is 13.8 Å². The molecule has 0 saturated heterocycles. The molecule has 0 aromatic carbocycles. The van der Waals surface area contributed by atoms with E-state index in [9.17, 15) is 4.79 Å². The summed E-state index contributed by atoms with van der Waals surface area (Å²) in [6.07, 6.45) is 1.56. The second-order valence-corrected chi connectivity index (χ2v) is 4.63. The third kappa shape index (κ3) is 7.24. The fraction of sp³-hybridized carbons (Fsp3) is 0.600. The summed E-state index contributed by atoms with van der Waals surface area (Å²) in [6.45, 7) is 8.57. The van der Waals surface area contributed by atoms with Crippen molar-refractivity contribution in [2.24, 2.45) is 0 Å². The Morgan fingerprint density at radius 2 is 2.05 bits per heavy atom. The van der Waals surface area contributed by atoms with Crippen molar-refractivity contribution < 1.29 is 14.3 Å². The van der Waals surface area contributed by atoms with Gasteiger partial charge in [0.2, 0.25) is 5.88 Å². The highest BCUT2D eigenvalue weighted by Crippen LogP contribution is 2.11. The fourth-order valence-corrected chi connectivity index (χ4v) is 1.81. The molecule has 0 spiro atoms. The minimum Gasteiger partial charge on any atom is -0.475 e. The van der Waals surface area contributed by atoms with Crippen LogP contribution in [0.5, 0.6) is 5.88 Å². The summed E-state index contributed by atoms with van der Waals surface area (Å²) in [6, 6.07) is 3.22. The lowest BCUT2D eigenvalue weighted by molar-refractivity contribution is 0.144. The molecule has 2 amide bonds. The quantitative estimate of drug-likeness (QED) is 0.642. The maximum Gasteiger partial charge on any atom is 0.319 e. The highest BCUT2D eigenvalue weighted by molar-refractivity contribution is 5.88. The van der Waals surface area contributed by atoms with Crippen molar-refractivity contribution in [1.82, 2.24) is 15.2 Å². The van der Waals surface area contributed by atoms with Crippen molar-refractivity contribution in [3.63, 3.8) is 0 Å². The van der Waals surface area contributed by atoms with Gasteiger partial charge in [0.15, 0.2) is 0 Å². The molecule has 7 nitrogen and oxygen atoms in total. The molecule has 0 radical (unpaired) electrons. The van der Waals surface area contributed by atoms with Crippen LogP contribution in [0.25, 0.3) is 0 Å². The van der Waals surface area contributed by atoms with Gasteiger partial charge in [0.25, 0.3) is 0 Å². The number of ether oxygens (including phenoxy) is 2. The molecule has 0 unspecified atom stereocenters. The van der Waals surface area contributed by atoms with Crippen LogP contribution in [0.2, 0.25) is 0 Å².